The highest BCUT2D eigenvalue weighted by molar-refractivity contribution is 7.20. The van der Waals surface area contributed by atoms with Gasteiger partial charge in [-0.1, -0.05) is 0 Å². The molecule has 0 unspecified atom stereocenters. The lowest BCUT2D eigenvalue weighted by molar-refractivity contribution is -0.122. The lowest BCUT2D eigenvalue weighted by Crippen LogP contribution is -2.30. The molecular weight excluding hydrogens is 288 g/mol. The van der Waals surface area contributed by atoms with Crippen molar-refractivity contribution in [2.75, 3.05) is 12.3 Å². The normalized spacial score (nSPS) is 10.8. The Morgan fingerprint density at radius 3 is 2.81 bits per heavy atom. The number of amides is 1. The second-order valence-electron chi connectivity index (χ2n) is 5.02. The molecule has 0 aliphatic rings. The molecule has 1 amide bonds. The van der Waals surface area contributed by atoms with Crippen LogP contribution in [0.5, 0.6) is 0 Å². The second kappa shape index (κ2) is 6.58. The number of rotatable bonds is 5. The van der Waals surface area contributed by atoms with Gasteiger partial charge in [-0.15, -0.1) is 11.3 Å². The molecule has 1 heterocycles. The van der Waals surface area contributed by atoms with Crippen molar-refractivity contribution in [2.24, 2.45) is 0 Å². The standard InChI is InChI=1S/C15H18N2O3S/c1-9(2)17-14(18)5-6-20-15(19)13-8-10-7-11(16)3-4-12(10)21-13/h3-4,7-9H,5-6,16H2,1-2H3,(H,17,18). The van der Waals surface area contributed by atoms with Crippen LogP contribution in [0.4, 0.5) is 5.69 Å². The topological polar surface area (TPSA) is 81.4 Å². The number of carbonyl (C=O) groups excluding carboxylic acids is 2. The largest absolute Gasteiger partial charge is 0.461 e. The zero-order valence-corrected chi connectivity index (χ0v) is 12.8. The number of hydrogen-bond donors (Lipinski definition) is 2. The van der Waals surface area contributed by atoms with Crippen LogP contribution in [-0.4, -0.2) is 24.5 Å². The predicted molar refractivity (Wildman–Crippen MR) is 84.4 cm³/mol. The summed E-state index contributed by atoms with van der Waals surface area (Å²) in [6, 6.07) is 7.33. The summed E-state index contributed by atoms with van der Waals surface area (Å²) in [7, 11) is 0. The van der Waals surface area contributed by atoms with E-state index < -0.39 is 5.97 Å². The molecule has 0 fully saturated rings. The van der Waals surface area contributed by atoms with Gasteiger partial charge in [-0.3, -0.25) is 4.79 Å². The van der Waals surface area contributed by atoms with E-state index in [1.165, 1.54) is 11.3 Å². The van der Waals surface area contributed by atoms with Gasteiger partial charge >= 0.3 is 5.97 Å². The molecule has 6 heteroatoms. The van der Waals surface area contributed by atoms with E-state index in [1.807, 2.05) is 26.0 Å². The van der Waals surface area contributed by atoms with Gasteiger partial charge in [-0.25, -0.2) is 4.79 Å². The number of esters is 1. The van der Waals surface area contributed by atoms with Gasteiger partial charge < -0.3 is 15.8 Å². The van der Waals surface area contributed by atoms with Gasteiger partial charge in [0.2, 0.25) is 5.91 Å². The van der Waals surface area contributed by atoms with E-state index in [2.05, 4.69) is 5.32 Å². The Balaban J connectivity index is 1.91. The number of thiophene rings is 1. The summed E-state index contributed by atoms with van der Waals surface area (Å²) in [5, 5.41) is 3.66. The van der Waals surface area contributed by atoms with Crippen molar-refractivity contribution in [3.8, 4) is 0 Å². The summed E-state index contributed by atoms with van der Waals surface area (Å²) in [4.78, 5) is 23.9. The fourth-order valence-corrected chi connectivity index (χ4v) is 2.80. The highest BCUT2D eigenvalue weighted by Crippen LogP contribution is 2.27. The molecule has 0 spiro atoms. The van der Waals surface area contributed by atoms with E-state index >= 15 is 0 Å². The van der Waals surface area contributed by atoms with Gasteiger partial charge in [0.25, 0.3) is 0 Å². The molecule has 2 aromatic rings. The third-order valence-corrected chi connectivity index (χ3v) is 3.85. The van der Waals surface area contributed by atoms with Crippen LogP contribution in [0.15, 0.2) is 24.3 Å². The van der Waals surface area contributed by atoms with Crippen molar-refractivity contribution in [2.45, 2.75) is 26.3 Å². The molecule has 0 aliphatic carbocycles. The summed E-state index contributed by atoms with van der Waals surface area (Å²) in [5.41, 5.74) is 6.36. The maximum atomic E-state index is 11.9. The van der Waals surface area contributed by atoms with Gasteiger partial charge in [-0.05, 0) is 43.5 Å². The van der Waals surface area contributed by atoms with Crippen LogP contribution >= 0.6 is 11.3 Å². The van der Waals surface area contributed by atoms with Gasteiger partial charge in [0.05, 0.1) is 6.42 Å². The summed E-state index contributed by atoms with van der Waals surface area (Å²) in [6.45, 7) is 3.84. The van der Waals surface area contributed by atoms with Crippen molar-refractivity contribution >= 4 is 39.0 Å². The fraction of sp³-hybridized carbons (Fsp3) is 0.333. The zero-order chi connectivity index (χ0) is 15.4. The summed E-state index contributed by atoms with van der Waals surface area (Å²) in [5.74, 6) is -0.533. The molecule has 112 valence electrons. The molecule has 21 heavy (non-hydrogen) atoms. The van der Waals surface area contributed by atoms with Crippen molar-refractivity contribution in [3.63, 3.8) is 0 Å². The maximum Gasteiger partial charge on any atom is 0.348 e. The Kier molecular flexibility index (Phi) is 4.80. The third-order valence-electron chi connectivity index (χ3n) is 2.75. The molecule has 0 saturated carbocycles. The molecule has 0 bridgehead atoms. The first kappa shape index (κ1) is 15.3. The molecule has 1 aromatic carbocycles. The minimum atomic E-state index is -0.410. The van der Waals surface area contributed by atoms with Crippen LogP contribution in [0.1, 0.15) is 29.9 Å². The molecule has 0 saturated heterocycles. The number of nitrogens with one attached hydrogen (secondary N) is 1. The number of ether oxygens (including phenoxy) is 1. The van der Waals surface area contributed by atoms with E-state index in [4.69, 9.17) is 10.5 Å². The van der Waals surface area contributed by atoms with Gasteiger partial charge in [0.1, 0.15) is 11.5 Å². The molecule has 0 atom stereocenters. The molecular formula is C15H18N2O3S. The number of fused-ring (bicyclic) bond motifs is 1. The number of benzene rings is 1. The van der Waals surface area contributed by atoms with Crippen molar-refractivity contribution < 1.29 is 14.3 Å². The lowest BCUT2D eigenvalue weighted by Gasteiger charge is -2.08. The van der Waals surface area contributed by atoms with Crippen LogP contribution < -0.4 is 11.1 Å². The highest BCUT2D eigenvalue weighted by Gasteiger charge is 2.12. The maximum absolute atomic E-state index is 11.9. The minimum Gasteiger partial charge on any atom is -0.461 e. The number of nitrogens with two attached hydrogens (primary N) is 1. The van der Waals surface area contributed by atoms with E-state index in [0.29, 0.717) is 10.6 Å². The highest BCUT2D eigenvalue weighted by atomic mass is 32.1. The predicted octanol–water partition coefficient (Wildman–Crippen LogP) is 2.56. The Morgan fingerprint density at radius 2 is 2.10 bits per heavy atom. The summed E-state index contributed by atoms with van der Waals surface area (Å²) in [6.07, 6.45) is 0.168. The molecule has 0 aliphatic heterocycles. The second-order valence-corrected chi connectivity index (χ2v) is 6.10. The van der Waals surface area contributed by atoms with E-state index in [9.17, 15) is 9.59 Å². The Bertz CT molecular complexity index is 664. The van der Waals surface area contributed by atoms with E-state index in [1.54, 1.807) is 12.1 Å². The van der Waals surface area contributed by atoms with Crippen LogP contribution in [0.2, 0.25) is 0 Å². The van der Waals surface area contributed by atoms with Gasteiger partial charge in [0.15, 0.2) is 0 Å². The van der Waals surface area contributed by atoms with Crippen LogP contribution in [-0.2, 0) is 9.53 Å². The van der Waals surface area contributed by atoms with E-state index in [-0.39, 0.29) is 25.0 Å². The summed E-state index contributed by atoms with van der Waals surface area (Å²) < 4.78 is 6.10. The van der Waals surface area contributed by atoms with Crippen LogP contribution in [0.3, 0.4) is 0 Å². The molecule has 2 rings (SSSR count). The molecule has 0 radical (unpaired) electrons. The Labute approximate surface area is 127 Å². The first-order valence-electron chi connectivity index (χ1n) is 6.71. The average Bonchev–Trinajstić information content (AvgIpc) is 2.80. The monoisotopic (exact) mass is 306 g/mol. The quantitative estimate of drug-likeness (QED) is 0.657. The van der Waals surface area contributed by atoms with Crippen molar-refractivity contribution in [1.82, 2.24) is 5.32 Å². The molecule has 5 nitrogen and oxygen atoms in total. The van der Waals surface area contributed by atoms with Crippen LogP contribution in [0, 0.1) is 0 Å². The van der Waals surface area contributed by atoms with Crippen LogP contribution in [0.25, 0.3) is 10.1 Å². The SMILES string of the molecule is CC(C)NC(=O)CCOC(=O)c1cc2cc(N)ccc2s1. The zero-order valence-electron chi connectivity index (χ0n) is 12.0. The first-order valence-corrected chi connectivity index (χ1v) is 7.53. The summed E-state index contributed by atoms with van der Waals surface area (Å²) >= 11 is 1.35. The number of hydrogen-bond acceptors (Lipinski definition) is 5. The Hall–Kier alpha value is -2.08. The van der Waals surface area contributed by atoms with Gasteiger partial charge in [-0.2, -0.15) is 0 Å². The van der Waals surface area contributed by atoms with E-state index in [0.717, 1.165) is 10.1 Å². The number of nitrogen functional groups attached to an aromatic ring is 1. The third kappa shape index (κ3) is 4.19. The smallest absolute Gasteiger partial charge is 0.348 e. The number of carbonyl (C=O) groups is 2. The fourth-order valence-electron chi connectivity index (χ4n) is 1.86. The van der Waals surface area contributed by atoms with Crippen molar-refractivity contribution in [1.29, 1.82) is 0 Å². The lowest BCUT2D eigenvalue weighted by atomic mass is 10.2. The first-order chi connectivity index (χ1) is 9.95. The minimum absolute atomic E-state index is 0.0772. The molecule has 1 aromatic heterocycles. The molecule has 3 N–H and O–H groups in total. The van der Waals surface area contributed by atoms with Gasteiger partial charge in [0, 0.05) is 16.4 Å². The van der Waals surface area contributed by atoms with Crippen molar-refractivity contribution in [3.05, 3.63) is 29.1 Å². The number of anilines is 1. The average molecular weight is 306 g/mol. The Morgan fingerprint density at radius 1 is 1.33 bits per heavy atom.